The first-order valence-corrected chi connectivity index (χ1v) is 6.58. The number of aromatic nitrogens is 3. The number of nitrogens with zero attached hydrogens (tertiary/aromatic N) is 3. The molecule has 0 amide bonds. The van der Waals surface area contributed by atoms with Gasteiger partial charge in [0.05, 0.1) is 6.61 Å². The summed E-state index contributed by atoms with van der Waals surface area (Å²) in [6.45, 7) is -0.0940. The number of rotatable bonds is 5. The Morgan fingerprint density at radius 1 is 1.32 bits per heavy atom. The molecule has 0 radical (unpaired) electrons. The van der Waals surface area contributed by atoms with Crippen LogP contribution in [0.3, 0.4) is 0 Å². The maximum Gasteiger partial charge on any atom is 0.389 e. The van der Waals surface area contributed by atoms with Gasteiger partial charge in [0.25, 0.3) is 0 Å². The van der Waals surface area contributed by atoms with Gasteiger partial charge in [-0.25, -0.2) is 5.10 Å². The van der Waals surface area contributed by atoms with E-state index in [1.54, 1.807) is 6.07 Å². The molecule has 0 atom stereocenters. The monoisotopic (exact) mass is 330 g/mol. The molecule has 9 heteroatoms. The van der Waals surface area contributed by atoms with E-state index < -0.39 is 12.6 Å². The molecular formula is C13H10ClF3N4O. The zero-order chi connectivity index (χ0) is 16.2. The van der Waals surface area contributed by atoms with Crippen LogP contribution in [0.15, 0.2) is 18.2 Å². The average molecular weight is 331 g/mol. The van der Waals surface area contributed by atoms with Gasteiger partial charge in [0, 0.05) is 17.0 Å². The van der Waals surface area contributed by atoms with Gasteiger partial charge in [0.15, 0.2) is 5.69 Å². The van der Waals surface area contributed by atoms with E-state index in [0.29, 0.717) is 22.0 Å². The third-order valence-electron chi connectivity index (χ3n) is 2.68. The van der Waals surface area contributed by atoms with Crippen LogP contribution in [-0.4, -0.2) is 28.2 Å². The van der Waals surface area contributed by atoms with Crippen LogP contribution in [-0.2, 0) is 0 Å². The topological polar surface area (TPSA) is 74.6 Å². The van der Waals surface area contributed by atoms with Crippen molar-refractivity contribution in [1.29, 1.82) is 5.26 Å². The van der Waals surface area contributed by atoms with Crippen molar-refractivity contribution >= 4 is 11.6 Å². The van der Waals surface area contributed by atoms with Crippen molar-refractivity contribution in [1.82, 2.24) is 15.4 Å². The number of alkyl halides is 3. The highest BCUT2D eigenvalue weighted by atomic mass is 35.5. The number of halogens is 4. The second-order valence-electron chi connectivity index (χ2n) is 4.39. The number of ether oxygens (including phenoxy) is 1. The normalized spacial score (nSPS) is 11.2. The maximum absolute atomic E-state index is 12.1. The zero-order valence-electron chi connectivity index (χ0n) is 11.1. The molecule has 5 nitrogen and oxygen atoms in total. The fourth-order valence-electron chi connectivity index (χ4n) is 1.75. The number of hydrogen-bond donors (Lipinski definition) is 1. The Bertz CT molecular complexity index is 693. The Kier molecular flexibility index (Phi) is 4.88. The standard InChI is InChI=1S/C13H10ClF3N4O/c14-9-4-8(12-11(7-18)19-21-20-12)5-10(6-9)22-3-1-2-13(15,16)17/h4-6H,1-3H2,(H,19,20,21). The quantitative estimate of drug-likeness (QED) is 0.848. The van der Waals surface area contributed by atoms with Crippen molar-refractivity contribution < 1.29 is 17.9 Å². The van der Waals surface area contributed by atoms with E-state index in [9.17, 15) is 13.2 Å². The molecule has 0 saturated carbocycles. The van der Waals surface area contributed by atoms with Crippen molar-refractivity contribution in [3.63, 3.8) is 0 Å². The summed E-state index contributed by atoms with van der Waals surface area (Å²) >= 11 is 5.95. The van der Waals surface area contributed by atoms with Crippen molar-refractivity contribution in [3.05, 3.63) is 28.9 Å². The number of H-pyrrole nitrogens is 1. The number of nitriles is 1. The summed E-state index contributed by atoms with van der Waals surface area (Å²) < 4.78 is 41.4. The van der Waals surface area contributed by atoms with E-state index in [-0.39, 0.29) is 18.7 Å². The zero-order valence-corrected chi connectivity index (χ0v) is 11.9. The Balaban J connectivity index is 2.09. The van der Waals surface area contributed by atoms with Crippen LogP contribution in [0.5, 0.6) is 5.75 Å². The van der Waals surface area contributed by atoms with Crippen molar-refractivity contribution in [2.24, 2.45) is 0 Å². The highest BCUT2D eigenvalue weighted by molar-refractivity contribution is 6.31. The van der Waals surface area contributed by atoms with Gasteiger partial charge in [-0.15, -0.1) is 5.10 Å². The molecule has 1 heterocycles. The summed E-state index contributed by atoms with van der Waals surface area (Å²) in [7, 11) is 0. The Morgan fingerprint density at radius 2 is 2.09 bits per heavy atom. The van der Waals surface area contributed by atoms with Gasteiger partial charge < -0.3 is 4.74 Å². The highest BCUT2D eigenvalue weighted by Gasteiger charge is 2.26. The van der Waals surface area contributed by atoms with Gasteiger partial charge in [-0.2, -0.15) is 18.4 Å². The minimum absolute atomic E-state index is 0.0940. The van der Waals surface area contributed by atoms with Gasteiger partial charge in [-0.05, 0) is 24.6 Å². The van der Waals surface area contributed by atoms with E-state index in [1.165, 1.54) is 12.1 Å². The van der Waals surface area contributed by atoms with Gasteiger partial charge in [0.2, 0.25) is 0 Å². The van der Waals surface area contributed by atoms with Crippen LogP contribution in [0.2, 0.25) is 5.02 Å². The van der Waals surface area contributed by atoms with Gasteiger partial charge in [-0.1, -0.05) is 16.8 Å². The molecule has 0 saturated heterocycles. The summed E-state index contributed by atoms with van der Waals surface area (Å²) in [5.41, 5.74) is 0.944. The predicted octanol–water partition coefficient (Wildman–Crippen LogP) is 3.72. The minimum Gasteiger partial charge on any atom is -0.494 e. The number of hydrogen-bond acceptors (Lipinski definition) is 4. The molecule has 22 heavy (non-hydrogen) atoms. The van der Waals surface area contributed by atoms with E-state index in [2.05, 4.69) is 15.4 Å². The van der Waals surface area contributed by atoms with Crippen molar-refractivity contribution in [2.75, 3.05) is 6.61 Å². The molecule has 0 aliphatic heterocycles. The molecule has 0 fully saturated rings. The summed E-state index contributed by atoms with van der Waals surface area (Å²) in [6, 6.07) is 6.47. The molecule has 2 aromatic rings. The van der Waals surface area contributed by atoms with E-state index in [4.69, 9.17) is 21.6 Å². The van der Waals surface area contributed by atoms with Gasteiger partial charge in [0.1, 0.15) is 17.5 Å². The molecule has 0 aliphatic carbocycles. The van der Waals surface area contributed by atoms with Crippen molar-refractivity contribution in [2.45, 2.75) is 19.0 Å². The third kappa shape index (κ3) is 4.36. The van der Waals surface area contributed by atoms with Crippen LogP contribution in [0.25, 0.3) is 11.3 Å². The van der Waals surface area contributed by atoms with E-state index >= 15 is 0 Å². The summed E-state index contributed by atoms with van der Waals surface area (Å²) in [6.07, 6.45) is -5.27. The van der Waals surface area contributed by atoms with Crippen LogP contribution in [0.1, 0.15) is 18.5 Å². The van der Waals surface area contributed by atoms with E-state index in [1.807, 2.05) is 6.07 Å². The third-order valence-corrected chi connectivity index (χ3v) is 2.90. The van der Waals surface area contributed by atoms with Gasteiger partial charge in [-0.3, -0.25) is 0 Å². The molecule has 2 rings (SSSR count). The molecule has 0 unspecified atom stereocenters. The number of benzene rings is 1. The SMILES string of the molecule is N#Cc1[nH]nnc1-c1cc(Cl)cc(OCCCC(F)(F)F)c1. The molecule has 0 bridgehead atoms. The first kappa shape index (κ1) is 16.1. The Morgan fingerprint density at radius 3 is 2.77 bits per heavy atom. The lowest BCUT2D eigenvalue weighted by Gasteiger charge is -2.09. The van der Waals surface area contributed by atoms with Crippen LogP contribution in [0.4, 0.5) is 13.2 Å². The number of nitrogens with one attached hydrogen (secondary N) is 1. The smallest absolute Gasteiger partial charge is 0.389 e. The molecule has 116 valence electrons. The lowest BCUT2D eigenvalue weighted by molar-refractivity contribution is -0.136. The van der Waals surface area contributed by atoms with Gasteiger partial charge >= 0.3 is 6.18 Å². The fraction of sp³-hybridized carbons (Fsp3) is 0.308. The number of aromatic amines is 1. The molecule has 0 aliphatic rings. The van der Waals surface area contributed by atoms with E-state index in [0.717, 1.165) is 0 Å². The maximum atomic E-state index is 12.1. The van der Waals surface area contributed by atoms with Crippen LogP contribution in [0, 0.1) is 11.3 Å². The van der Waals surface area contributed by atoms with Crippen molar-refractivity contribution in [3.8, 4) is 23.1 Å². The first-order valence-electron chi connectivity index (χ1n) is 6.21. The summed E-state index contributed by atoms with van der Waals surface area (Å²) in [5, 5.41) is 19.0. The average Bonchev–Trinajstić information content (AvgIpc) is 2.90. The van der Waals surface area contributed by atoms with Crippen LogP contribution >= 0.6 is 11.6 Å². The Labute approximate surface area is 128 Å². The Hall–Kier alpha value is -2.27. The summed E-state index contributed by atoms with van der Waals surface area (Å²) in [4.78, 5) is 0. The second-order valence-corrected chi connectivity index (χ2v) is 4.83. The highest BCUT2D eigenvalue weighted by Crippen LogP contribution is 2.29. The molecule has 1 aromatic heterocycles. The fourth-order valence-corrected chi connectivity index (χ4v) is 1.98. The van der Waals surface area contributed by atoms with Crippen LogP contribution < -0.4 is 4.74 Å². The first-order chi connectivity index (χ1) is 10.4. The lowest BCUT2D eigenvalue weighted by atomic mass is 10.1. The molecule has 1 N–H and O–H groups in total. The predicted molar refractivity (Wildman–Crippen MR) is 72.3 cm³/mol. The lowest BCUT2D eigenvalue weighted by Crippen LogP contribution is -2.09. The molecule has 1 aromatic carbocycles. The second kappa shape index (κ2) is 6.66. The summed E-state index contributed by atoms with van der Waals surface area (Å²) in [5.74, 6) is 0.302. The minimum atomic E-state index is -4.20. The molecule has 0 spiro atoms. The largest absolute Gasteiger partial charge is 0.494 e. The molecular weight excluding hydrogens is 321 g/mol.